The zero-order valence-corrected chi connectivity index (χ0v) is 14.8. The fraction of sp³-hybridized carbons (Fsp3) is 0.316. The van der Waals surface area contributed by atoms with Gasteiger partial charge in [-0.15, -0.1) is 0 Å². The summed E-state index contributed by atoms with van der Waals surface area (Å²) < 4.78 is 18.3. The van der Waals surface area contributed by atoms with Crippen molar-refractivity contribution >= 4 is 21.6 Å². The highest BCUT2D eigenvalue weighted by Gasteiger charge is 2.15. The minimum atomic E-state index is -0.114. The van der Waals surface area contributed by atoms with Gasteiger partial charge in [-0.05, 0) is 55.2 Å². The molecule has 5 heteroatoms. The molecule has 0 N–H and O–H groups in total. The van der Waals surface area contributed by atoms with Gasteiger partial charge in [0, 0.05) is 11.1 Å². The normalized spacial score (nSPS) is 17.2. The van der Waals surface area contributed by atoms with Crippen LogP contribution in [-0.2, 0) is 16.1 Å². The predicted octanol–water partition coefficient (Wildman–Crippen LogP) is 5.84. The molecule has 0 saturated carbocycles. The Morgan fingerprint density at radius 3 is 2.62 bits per heavy atom. The molecule has 3 rings (SSSR count). The number of hydrogen-bond acceptors (Lipinski definition) is 3. The lowest BCUT2D eigenvalue weighted by Gasteiger charge is -2.23. The number of ether oxygens (including phenoxy) is 3. The lowest BCUT2D eigenvalue weighted by atomic mass is 10.2. The van der Waals surface area contributed by atoms with Gasteiger partial charge in [0.25, 0.3) is 0 Å². The second kappa shape index (κ2) is 8.29. The Hall–Kier alpha value is -1.87. The summed E-state index contributed by atoms with van der Waals surface area (Å²) in [6, 6.07) is 12.9. The van der Waals surface area contributed by atoms with E-state index in [-0.39, 0.29) is 6.29 Å². The molecule has 0 radical (unpaired) electrons. The summed E-state index contributed by atoms with van der Waals surface area (Å²) in [7, 11) is 0. The van der Waals surface area contributed by atoms with Crippen LogP contribution in [-0.4, -0.2) is 12.9 Å². The zero-order valence-electron chi connectivity index (χ0n) is 13.2. The van der Waals surface area contributed by atoms with Crippen LogP contribution >= 0.6 is 15.9 Å². The lowest BCUT2D eigenvalue weighted by molar-refractivity contribution is -0.169. The van der Waals surface area contributed by atoms with Crippen molar-refractivity contribution in [2.75, 3.05) is 6.61 Å². The van der Waals surface area contributed by atoms with Crippen molar-refractivity contribution in [3.05, 3.63) is 63.9 Å². The highest BCUT2D eigenvalue weighted by atomic mass is 79.9. The van der Waals surface area contributed by atoms with E-state index in [1.165, 1.54) is 0 Å². The Bertz CT molecular complexity index is 718. The summed E-state index contributed by atoms with van der Waals surface area (Å²) in [6.45, 7) is 8.22. The molecule has 4 nitrogen and oxygen atoms in total. The van der Waals surface area contributed by atoms with Crippen LogP contribution in [0.3, 0.4) is 0 Å². The molecule has 0 spiro atoms. The third kappa shape index (κ3) is 4.57. The molecule has 1 heterocycles. The van der Waals surface area contributed by atoms with E-state index in [1.807, 2.05) is 18.2 Å². The van der Waals surface area contributed by atoms with E-state index < -0.39 is 0 Å². The van der Waals surface area contributed by atoms with Crippen LogP contribution in [0.1, 0.15) is 24.8 Å². The molecule has 1 saturated heterocycles. The molecule has 1 aliphatic rings. The summed E-state index contributed by atoms with van der Waals surface area (Å²) in [6.07, 6.45) is 3.09. The van der Waals surface area contributed by atoms with Crippen molar-refractivity contribution in [3.8, 4) is 11.5 Å². The maximum Gasteiger partial charge on any atom is 0.187 e. The number of benzene rings is 2. The average Bonchev–Trinajstić information content (AvgIpc) is 2.63. The smallest absolute Gasteiger partial charge is 0.187 e. The Balaban J connectivity index is 1.65. The highest BCUT2D eigenvalue weighted by molar-refractivity contribution is 9.10. The molecule has 2 aromatic rings. The van der Waals surface area contributed by atoms with Gasteiger partial charge in [-0.1, -0.05) is 28.1 Å². The molecule has 0 aromatic heterocycles. The van der Waals surface area contributed by atoms with E-state index in [4.69, 9.17) is 20.8 Å². The van der Waals surface area contributed by atoms with Gasteiger partial charge >= 0.3 is 0 Å². The SMILES string of the molecule is [C-]#[N+]c1ccc(Oc2ccc(Br)c(COC3CCCCO3)c2)cc1. The van der Waals surface area contributed by atoms with Crippen LogP contribution in [0.5, 0.6) is 11.5 Å². The minimum Gasteiger partial charge on any atom is -0.457 e. The predicted molar refractivity (Wildman–Crippen MR) is 95.3 cm³/mol. The van der Waals surface area contributed by atoms with Crippen LogP contribution in [0.25, 0.3) is 4.85 Å². The quantitative estimate of drug-likeness (QED) is 0.604. The lowest BCUT2D eigenvalue weighted by Crippen LogP contribution is -2.22. The Morgan fingerprint density at radius 1 is 1.12 bits per heavy atom. The summed E-state index contributed by atoms with van der Waals surface area (Å²) in [4.78, 5) is 3.37. The van der Waals surface area contributed by atoms with Gasteiger partial charge in [-0.2, -0.15) is 0 Å². The van der Waals surface area contributed by atoms with Crippen molar-refractivity contribution in [3.63, 3.8) is 0 Å². The highest BCUT2D eigenvalue weighted by Crippen LogP contribution is 2.29. The number of nitrogens with zero attached hydrogens (tertiary/aromatic N) is 1. The second-order valence-corrected chi connectivity index (χ2v) is 6.42. The van der Waals surface area contributed by atoms with E-state index in [0.717, 1.165) is 41.7 Å². The fourth-order valence-corrected chi connectivity index (χ4v) is 2.84. The van der Waals surface area contributed by atoms with Gasteiger partial charge in [0.05, 0.1) is 13.2 Å². The minimum absolute atomic E-state index is 0.114. The molecule has 0 aliphatic carbocycles. The molecule has 0 bridgehead atoms. The summed E-state index contributed by atoms with van der Waals surface area (Å²) in [5.74, 6) is 1.43. The van der Waals surface area contributed by atoms with Crippen molar-refractivity contribution in [2.45, 2.75) is 32.2 Å². The molecule has 1 fully saturated rings. The van der Waals surface area contributed by atoms with Gasteiger partial charge in [0.15, 0.2) is 12.0 Å². The van der Waals surface area contributed by atoms with E-state index in [9.17, 15) is 0 Å². The van der Waals surface area contributed by atoms with Gasteiger partial charge in [-0.25, -0.2) is 4.85 Å². The topological polar surface area (TPSA) is 32.0 Å². The van der Waals surface area contributed by atoms with Crippen LogP contribution in [0.4, 0.5) is 5.69 Å². The summed E-state index contributed by atoms with van der Waals surface area (Å²) in [5, 5.41) is 0. The third-order valence-corrected chi connectivity index (χ3v) is 4.55. The molecule has 2 aromatic carbocycles. The first-order chi connectivity index (χ1) is 11.7. The molecule has 24 heavy (non-hydrogen) atoms. The third-order valence-electron chi connectivity index (χ3n) is 3.78. The molecular weight excluding hydrogens is 370 g/mol. The standard InChI is InChI=1S/C19H18BrNO3/c1-21-15-5-7-16(8-6-15)24-17-9-10-18(20)14(12-17)13-23-19-4-2-3-11-22-19/h5-10,12,19H,2-4,11,13H2. The van der Waals surface area contributed by atoms with Gasteiger partial charge < -0.3 is 14.2 Å². The van der Waals surface area contributed by atoms with Gasteiger partial charge in [0.1, 0.15) is 11.5 Å². The Labute approximate surface area is 150 Å². The summed E-state index contributed by atoms with van der Waals surface area (Å²) >= 11 is 3.55. The molecular formula is C19H18BrNO3. The van der Waals surface area contributed by atoms with Crippen LogP contribution < -0.4 is 4.74 Å². The Kier molecular flexibility index (Phi) is 5.86. The number of halogens is 1. The van der Waals surface area contributed by atoms with Crippen LogP contribution in [0.15, 0.2) is 46.9 Å². The molecule has 124 valence electrons. The van der Waals surface area contributed by atoms with Crippen LogP contribution in [0, 0.1) is 6.57 Å². The largest absolute Gasteiger partial charge is 0.457 e. The van der Waals surface area contributed by atoms with E-state index in [0.29, 0.717) is 18.0 Å². The van der Waals surface area contributed by atoms with E-state index >= 15 is 0 Å². The zero-order chi connectivity index (χ0) is 16.8. The van der Waals surface area contributed by atoms with Gasteiger partial charge in [-0.3, -0.25) is 0 Å². The van der Waals surface area contributed by atoms with Crippen molar-refractivity contribution < 1.29 is 14.2 Å². The van der Waals surface area contributed by atoms with Gasteiger partial charge in [0.2, 0.25) is 0 Å². The Morgan fingerprint density at radius 2 is 1.92 bits per heavy atom. The van der Waals surface area contributed by atoms with Crippen molar-refractivity contribution in [1.82, 2.24) is 0 Å². The van der Waals surface area contributed by atoms with E-state index in [1.54, 1.807) is 24.3 Å². The first-order valence-electron chi connectivity index (χ1n) is 7.91. The number of hydrogen-bond donors (Lipinski definition) is 0. The second-order valence-electron chi connectivity index (χ2n) is 5.57. The molecule has 1 aliphatic heterocycles. The number of rotatable bonds is 5. The monoisotopic (exact) mass is 387 g/mol. The molecule has 1 atom stereocenters. The first kappa shape index (κ1) is 17.0. The van der Waals surface area contributed by atoms with Crippen molar-refractivity contribution in [1.29, 1.82) is 0 Å². The van der Waals surface area contributed by atoms with Crippen LogP contribution in [0.2, 0.25) is 0 Å². The average molecular weight is 388 g/mol. The molecule has 1 unspecified atom stereocenters. The maximum absolute atomic E-state index is 6.97. The van der Waals surface area contributed by atoms with Crippen molar-refractivity contribution in [2.24, 2.45) is 0 Å². The fourth-order valence-electron chi connectivity index (χ4n) is 2.48. The first-order valence-corrected chi connectivity index (χ1v) is 8.71. The maximum atomic E-state index is 6.97. The summed E-state index contributed by atoms with van der Waals surface area (Å²) in [5.41, 5.74) is 1.61. The van der Waals surface area contributed by atoms with E-state index in [2.05, 4.69) is 20.8 Å². The molecule has 0 amide bonds.